The van der Waals surface area contributed by atoms with Gasteiger partial charge in [-0.05, 0) is 48.1 Å². The zero-order chi connectivity index (χ0) is 18.1. The Kier molecular flexibility index (Phi) is 4.12. The third-order valence-electron chi connectivity index (χ3n) is 4.29. The summed E-state index contributed by atoms with van der Waals surface area (Å²) in [5.74, 6) is -0.154. The molecule has 0 aliphatic heterocycles. The molecule has 1 N–H and O–H groups in total. The molecule has 0 spiro atoms. The van der Waals surface area contributed by atoms with Gasteiger partial charge in [0.05, 0.1) is 11.8 Å². The molecule has 2 heterocycles. The van der Waals surface area contributed by atoms with Crippen molar-refractivity contribution in [1.29, 1.82) is 0 Å². The lowest BCUT2D eigenvalue weighted by atomic mass is 10.1. The van der Waals surface area contributed by atoms with Crippen LogP contribution in [-0.4, -0.2) is 25.8 Å². The van der Waals surface area contributed by atoms with Crippen molar-refractivity contribution >= 4 is 5.97 Å². The van der Waals surface area contributed by atoms with Gasteiger partial charge in [0, 0.05) is 12.3 Å². The van der Waals surface area contributed by atoms with Crippen molar-refractivity contribution in [3.63, 3.8) is 0 Å². The van der Waals surface area contributed by atoms with Crippen molar-refractivity contribution in [1.82, 2.24) is 14.8 Å². The third-order valence-corrected chi connectivity index (χ3v) is 4.29. The highest BCUT2D eigenvalue weighted by Crippen LogP contribution is 2.41. The molecule has 0 unspecified atom stereocenters. The number of ether oxygens (including phenoxy) is 1. The van der Waals surface area contributed by atoms with Gasteiger partial charge in [0.15, 0.2) is 5.82 Å². The number of hydrogen-bond acceptors (Lipinski definition) is 4. The number of halogens is 1. The van der Waals surface area contributed by atoms with Crippen LogP contribution in [0.5, 0.6) is 5.88 Å². The summed E-state index contributed by atoms with van der Waals surface area (Å²) < 4.78 is 21.3. The van der Waals surface area contributed by atoms with Crippen LogP contribution in [0.15, 0.2) is 48.8 Å². The SMILES string of the molecule is O=C(O)c1ccnc(-n2nccc2OCc2ccc(C3CC3)c(F)c2)c1. The molecule has 1 aromatic carbocycles. The molecule has 132 valence electrons. The van der Waals surface area contributed by atoms with Crippen LogP contribution in [0.25, 0.3) is 5.82 Å². The van der Waals surface area contributed by atoms with Gasteiger partial charge in [0.25, 0.3) is 0 Å². The number of carbonyl (C=O) groups is 1. The Balaban J connectivity index is 1.52. The quantitative estimate of drug-likeness (QED) is 0.733. The van der Waals surface area contributed by atoms with Crippen LogP contribution >= 0.6 is 0 Å². The number of benzene rings is 1. The van der Waals surface area contributed by atoms with E-state index in [-0.39, 0.29) is 18.0 Å². The normalized spacial score (nSPS) is 13.6. The van der Waals surface area contributed by atoms with Crippen molar-refractivity contribution in [2.24, 2.45) is 0 Å². The van der Waals surface area contributed by atoms with Gasteiger partial charge >= 0.3 is 5.97 Å². The first-order valence-corrected chi connectivity index (χ1v) is 8.26. The van der Waals surface area contributed by atoms with Gasteiger partial charge in [-0.25, -0.2) is 14.2 Å². The van der Waals surface area contributed by atoms with Crippen LogP contribution < -0.4 is 4.74 Å². The Bertz CT molecular complexity index is 966. The summed E-state index contributed by atoms with van der Waals surface area (Å²) in [5, 5.41) is 13.2. The molecule has 7 heteroatoms. The van der Waals surface area contributed by atoms with Crippen molar-refractivity contribution in [2.75, 3.05) is 0 Å². The maximum atomic E-state index is 14.1. The zero-order valence-corrected chi connectivity index (χ0v) is 13.8. The molecule has 2 aromatic heterocycles. The van der Waals surface area contributed by atoms with Gasteiger partial charge in [-0.2, -0.15) is 9.78 Å². The van der Waals surface area contributed by atoms with E-state index in [9.17, 15) is 9.18 Å². The summed E-state index contributed by atoms with van der Waals surface area (Å²) in [6.45, 7) is 0.173. The molecule has 0 saturated heterocycles. The van der Waals surface area contributed by atoms with Crippen LogP contribution in [0.4, 0.5) is 4.39 Å². The molecule has 4 rings (SSSR count). The first-order valence-electron chi connectivity index (χ1n) is 8.26. The molecule has 0 radical (unpaired) electrons. The van der Waals surface area contributed by atoms with Crippen LogP contribution in [0, 0.1) is 5.82 Å². The Morgan fingerprint density at radius 1 is 1.23 bits per heavy atom. The summed E-state index contributed by atoms with van der Waals surface area (Å²) >= 11 is 0. The number of rotatable bonds is 6. The lowest BCUT2D eigenvalue weighted by Crippen LogP contribution is -2.07. The van der Waals surface area contributed by atoms with Gasteiger partial charge in [-0.3, -0.25) is 0 Å². The van der Waals surface area contributed by atoms with Crippen molar-refractivity contribution in [3.8, 4) is 11.7 Å². The molecule has 0 amide bonds. The number of nitrogens with zero attached hydrogens (tertiary/aromatic N) is 3. The fraction of sp³-hybridized carbons (Fsp3) is 0.211. The molecule has 1 aliphatic carbocycles. The number of carboxylic acids is 1. The van der Waals surface area contributed by atoms with E-state index in [0.29, 0.717) is 23.2 Å². The maximum Gasteiger partial charge on any atom is 0.335 e. The van der Waals surface area contributed by atoms with E-state index in [1.54, 1.807) is 6.07 Å². The molecule has 1 fully saturated rings. The van der Waals surface area contributed by atoms with Gasteiger partial charge in [0.2, 0.25) is 5.88 Å². The molecular weight excluding hydrogens is 337 g/mol. The molecule has 6 nitrogen and oxygen atoms in total. The Hall–Kier alpha value is -3.22. The summed E-state index contributed by atoms with van der Waals surface area (Å²) in [5.41, 5.74) is 1.59. The fourth-order valence-electron chi connectivity index (χ4n) is 2.78. The Labute approximate surface area is 148 Å². The Morgan fingerprint density at radius 2 is 2.08 bits per heavy atom. The average Bonchev–Trinajstić information content (AvgIpc) is 3.37. The summed E-state index contributed by atoms with van der Waals surface area (Å²) in [6, 6.07) is 9.63. The first kappa shape index (κ1) is 16.3. The van der Waals surface area contributed by atoms with Crippen molar-refractivity contribution < 1.29 is 19.0 Å². The molecule has 26 heavy (non-hydrogen) atoms. The monoisotopic (exact) mass is 353 g/mol. The Morgan fingerprint density at radius 3 is 2.81 bits per heavy atom. The average molecular weight is 353 g/mol. The molecule has 0 atom stereocenters. The predicted molar refractivity (Wildman–Crippen MR) is 91.0 cm³/mol. The first-order chi connectivity index (χ1) is 12.6. The number of aromatic carboxylic acids is 1. The van der Waals surface area contributed by atoms with E-state index in [4.69, 9.17) is 9.84 Å². The summed E-state index contributed by atoms with van der Waals surface area (Å²) in [4.78, 5) is 15.2. The van der Waals surface area contributed by atoms with Crippen LogP contribution in [0.1, 0.15) is 40.2 Å². The lowest BCUT2D eigenvalue weighted by molar-refractivity contribution is 0.0696. The number of hydrogen-bond donors (Lipinski definition) is 1. The minimum Gasteiger partial charge on any atom is -0.478 e. The number of pyridine rings is 1. The summed E-state index contributed by atoms with van der Waals surface area (Å²) in [6.07, 6.45) is 5.03. The second-order valence-electron chi connectivity index (χ2n) is 6.21. The smallest absolute Gasteiger partial charge is 0.335 e. The minimum atomic E-state index is -1.05. The van der Waals surface area contributed by atoms with Crippen molar-refractivity contribution in [2.45, 2.75) is 25.4 Å². The van der Waals surface area contributed by atoms with Crippen molar-refractivity contribution in [3.05, 3.63) is 71.3 Å². The molecular formula is C19H16FN3O3. The van der Waals surface area contributed by atoms with E-state index < -0.39 is 5.97 Å². The zero-order valence-electron chi connectivity index (χ0n) is 13.8. The molecule has 1 saturated carbocycles. The predicted octanol–water partition coefficient (Wildman–Crippen LogP) is 3.56. The van der Waals surface area contributed by atoms with Gasteiger partial charge in [-0.1, -0.05) is 12.1 Å². The maximum absolute atomic E-state index is 14.1. The number of carboxylic acid groups (broad SMARTS) is 1. The lowest BCUT2D eigenvalue weighted by Gasteiger charge is -2.10. The van der Waals surface area contributed by atoms with Crippen LogP contribution in [0.3, 0.4) is 0 Å². The highest BCUT2D eigenvalue weighted by atomic mass is 19.1. The van der Waals surface area contributed by atoms with E-state index in [2.05, 4.69) is 10.1 Å². The topological polar surface area (TPSA) is 77.2 Å². The fourth-order valence-corrected chi connectivity index (χ4v) is 2.78. The molecule has 1 aliphatic rings. The highest BCUT2D eigenvalue weighted by Gasteiger charge is 2.26. The highest BCUT2D eigenvalue weighted by molar-refractivity contribution is 5.87. The van der Waals surface area contributed by atoms with E-state index >= 15 is 0 Å². The van der Waals surface area contributed by atoms with Crippen LogP contribution in [0.2, 0.25) is 0 Å². The minimum absolute atomic E-state index is 0.106. The number of aromatic nitrogens is 3. The van der Waals surface area contributed by atoms with E-state index in [1.165, 1.54) is 35.3 Å². The molecule has 3 aromatic rings. The largest absolute Gasteiger partial charge is 0.478 e. The van der Waals surface area contributed by atoms with E-state index in [0.717, 1.165) is 18.4 Å². The second kappa shape index (κ2) is 6.59. The molecule has 0 bridgehead atoms. The van der Waals surface area contributed by atoms with E-state index in [1.807, 2.05) is 12.1 Å². The second-order valence-corrected chi connectivity index (χ2v) is 6.21. The van der Waals surface area contributed by atoms with Gasteiger partial charge in [-0.15, -0.1) is 0 Å². The standard InChI is InChI=1S/C19H16FN3O3/c20-16-9-12(1-4-15(16)13-2-3-13)11-26-18-6-8-22-23(18)17-10-14(19(24)25)5-7-21-17/h1,4-10,13H,2-3,11H2,(H,24,25). The van der Waals surface area contributed by atoms with Crippen LogP contribution in [-0.2, 0) is 6.61 Å². The summed E-state index contributed by atoms with van der Waals surface area (Å²) in [7, 11) is 0. The van der Waals surface area contributed by atoms with Gasteiger partial charge < -0.3 is 9.84 Å². The van der Waals surface area contributed by atoms with Gasteiger partial charge in [0.1, 0.15) is 12.4 Å². The third kappa shape index (κ3) is 3.28.